The van der Waals surface area contributed by atoms with Crippen molar-refractivity contribution in [1.29, 1.82) is 0 Å². The highest BCUT2D eigenvalue weighted by Crippen LogP contribution is 2.22. The Kier molecular flexibility index (Phi) is 6.72. The zero-order chi connectivity index (χ0) is 21.6. The van der Waals surface area contributed by atoms with Crippen molar-refractivity contribution in [3.05, 3.63) is 60.2 Å². The quantitative estimate of drug-likeness (QED) is 0.751. The van der Waals surface area contributed by atoms with E-state index in [0.717, 1.165) is 44.0 Å². The predicted octanol–water partition coefficient (Wildman–Crippen LogP) is 2.22. The van der Waals surface area contributed by atoms with Gasteiger partial charge >= 0.3 is 6.03 Å². The van der Waals surface area contributed by atoms with Crippen LogP contribution in [0.15, 0.2) is 54.6 Å². The number of rotatable bonds is 6. The zero-order valence-corrected chi connectivity index (χ0v) is 18.1. The molecule has 0 bridgehead atoms. The largest absolute Gasteiger partial charge is 0.369 e. The average Bonchev–Trinajstić information content (AvgIpc) is 3.15. The van der Waals surface area contributed by atoms with Gasteiger partial charge in [-0.3, -0.25) is 9.69 Å². The monoisotopic (exact) mass is 421 g/mol. The van der Waals surface area contributed by atoms with E-state index < -0.39 is 0 Å². The summed E-state index contributed by atoms with van der Waals surface area (Å²) in [5.74, 6) is 0.0467. The van der Waals surface area contributed by atoms with Gasteiger partial charge in [0.1, 0.15) is 0 Å². The summed E-state index contributed by atoms with van der Waals surface area (Å²) in [5.41, 5.74) is 3.31. The summed E-state index contributed by atoms with van der Waals surface area (Å²) in [6, 6.07) is 18.0. The molecular formula is C24H31N5O2. The van der Waals surface area contributed by atoms with E-state index in [1.165, 1.54) is 5.69 Å². The Morgan fingerprint density at radius 1 is 0.968 bits per heavy atom. The third kappa shape index (κ3) is 5.55. The smallest absolute Gasteiger partial charge is 0.315 e. The van der Waals surface area contributed by atoms with Gasteiger partial charge in [0.15, 0.2) is 0 Å². The molecule has 4 rings (SSSR count). The predicted molar refractivity (Wildman–Crippen MR) is 124 cm³/mol. The summed E-state index contributed by atoms with van der Waals surface area (Å²) in [7, 11) is 0. The fraction of sp³-hybridized carbons (Fsp3) is 0.417. The van der Waals surface area contributed by atoms with E-state index in [1.54, 1.807) is 4.90 Å². The van der Waals surface area contributed by atoms with Crippen LogP contribution in [0.2, 0.25) is 0 Å². The van der Waals surface area contributed by atoms with Gasteiger partial charge in [-0.2, -0.15) is 0 Å². The molecule has 2 heterocycles. The van der Waals surface area contributed by atoms with Crippen LogP contribution in [0.4, 0.5) is 16.2 Å². The third-order valence-electron chi connectivity index (χ3n) is 6.01. The van der Waals surface area contributed by atoms with Gasteiger partial charge in [-0.25, -0.2) is 4.79 Å². The maximum atomic E-state index is 12.3. The van der Waals surface area contributed by atoms with E-state index in [9.17, 15) is 9.59 Å². The molecule has 2 aromatic rings. The second-order valence-electron chi connectivity index (χ2n) is 8.31. The molecule has 0 radical (unpaired) electrons. The van der Waals surface area contributed by atoms with Crippen LogP contribution in [-0.2, 0) is 4.79 Å². The number of benzene rings is 2. The van der Waals surface area contributed by atoms with Crippen molar-refractivity contribution in [1.82, 2.24) is 15.5 Å². The molecule has 7 heteroatoms. The number of urea groups is 1. The molecule has 164 valence electrons. The molecule has 2 saturated heterocycles. The Morgan fingerprint density at radius 2 is 1.68 bits per heavy atom. The van der Waals surface area contributed by atoms with Crippen molar-refractivity contribution < 1.29 is 9.59 Å². The molecule has 0 unspecified atom stereocenters. The second kappa shape index (κ2) is 9.83. The normalized spacial score (nSPS) is 19.5. The number of nitrogens with zero attached hydrogens (tertiary/aromatic N) is 3. The lowest BCUT2D eigenvalue weighted by Crippen LogP contribution is -2.50. The molecule has 2 N–H and O–H groups in total. The van der Waals surface area contributed by atoms with E-state index in [0.29, 0.717) is 19.5 Å². The minimum atomic E-state index is -0.202. The molecule has 7 nitrogen and oxygen atoms in total. The SMILES string of the molecule is Cc1ccc(N2C[C@@H](NC(=O)NCCN3CCN(c4ccccc4)CC3)CC2=O)cc1. The summed E-state index contributed by atoms with van der Waals surface area (Å²) in [5, 5.41) is 5.89. The van der Waals surface area contributed by atoms with Crippen LogP contribution in [0, 0.1) is 6.92 Å². The maximum Gasteiger partial charge on any atom is 0.315 e. The Balaban J connectivity index is 1.15. The average molecular weight is 422 g/mol. The van der Waals surface area contributed by atoms with Gasteiger partial charge in [-0.15, -0.1) is 0 Å². The lowest BCUT2D eigenvalue weighted by atomic mass is 10.2. The van der Waals surface area contributed by atoms with Crippen molar-refractivity contribution in [3.63, 3.8) is 0 Å². The summed E-state index contributed by atoms with van der Waals surface area (Å²) < 4.78 is 0. The van der Waals surface area contributed by atoms with E-state index in [-0.39, 0.29) is 18.0 Å². The van der Waals surface area contributed by atoms with Gasteiger partial charge in [0, 0.05) is 63.6 Å². The molecule has 2 aliphatic heterocycles. The highest BCUT2D eigenvalue weighted by molar-refractivity contribution is 5.96. The van der Waals surface area contributed by atoms with Gasteiger partial charge in [-0.05, 0) is 31.2 Å². The first-order chi connectivity index (χ1) is 15.1. The minimum absolute atomic E-state index is 0.0467. The van der Waals surface area contributed by atoms with Crippen LogP contribution < -0.4 is 20.4 Å². The van der Waals surface area contributed by atoms with Crippen LogP contribution in [0.1, 0.15) is 12.0 Å². The topological polar surface area (TPSA) is 67.9 Å². The minimum Gasteiger partial charge on any atom is -0.369 e. The van der Waals surface area contributed by atoms with Gasteiger partial charge in [-0.1, -0.05) is 35.9 Å². The Labute approximate surface area is 184 Å². The van der Waals surface area contributed by atoms with Gasteiger partial charge in [0.25, 0.3) is 0 Å². The zero-order valence-electron chi connectivity index (χ0n) is 18.1. The molecule has 2 aromatic carbocycles. The molecule has 2 fully saturated rings. The molecule has 0 aromatic heterocycles. The van der Waals surface area contributed by atoms with Crippen LogP contribution in [0.3, 0.4) is 0 Å². The first-order valence-electron chi connectivity index (χ1n) is 11.0. The molecule has 31 heavy (non-hydrogen) atoms. The lowest BCUT2D eigenvalue weighted by molar-refractivity contribution is -0.117. The van der Waals surface area contributed by atoms with Gasteiger partial charge in [0.2, 0.25) is 5.91 Å². The number of nitrogens with one attached hydrogen (secondary N) is 2. The number of carbonyl (C=O) groups excluding carboxylic acids is 2. The molecule has 0 spiro atoms. The number of anilines is 2. The molecule has 2 aliphatic rings. The van der Waals surface area contributed by atoms with E-state index in [1.807, 2.05) is 37.3 Å². The number of aryl methyl sites for hydroxylation is 1. The van der Waals surface area contributed by atoms with Crippen molar-refractivity contribution >= 4 is 23.3 Å². The summed E-state index contributed by atoms with van der Waals surface area (Å²) >= 11 is 0. The summed E-state index contributed by atoms with van der Waals surface area (Å²) in [6.07, 6.45) is 0.336. The van der Waals surface area contributed by atoms with Crippen molar-refractivity contribution in [2.75, 3.05) is 55.6 Å². The molecule has 1 atom stereocenters. The number of hydrogen-bond acceptors (Lipinski definition) is 4. The van der Waals surface area contributed by atoms with Crippen molar-refractivity contribution in [2.45, 2.75) is 19.4 Å². The van der Waals surface area contributed by atoms with Crippen LogP contribution in [0.25, 0.3) is 0 Å². The first-order valence-corrected chi connectivity index (χ1v) is 11.0. The Morgan fingerprint density at radius 3 is 2.39 bits per heavy atom. The highest BCUT2D eigenvalue weighted by atomic mass is 16.2. The van der Waals surface area contributed by atoms with Gasteiger partial charge < -0.3 is 20.4 Å². The van der Waals surface area contributed by atoms with Crippen molar-refractivity contribution in [2.24, 2.45) is 0 Å². The molecule has 0 saturated carbocycles. The van der Waals surface area contributed by atoms with Crippen LogP contribution >= 0.6 is 0 Å². The second-order valence-corrected chi connectivity index (χ2v) is 8.31. The standard InChI is InChI=1S/C24H31N5O2/c1-19-7-9-22(10-8-19)29-18-20(17-23(29)30)26-24(31)25-11-12-27-13-15-28(16-14-27)21-5-3-2-4-6-21/h2-10,20H,11-18H2,1H3,(H2,25,26,31)/t20-/m0/s1. The number of amides is 3. The molecule has 0 aliphatic carbocycles. The molecular weight excluding hydrogens is 390 g/mol. The third-order valence-corrected chi connectivity index (χ3v) is 6.01. The van der Waals surface area contributed by atoms with Crippen molar-refractivity contribution in [3.8, 4) is 0 Å². The number of hydrogen-bond donors (Lipinski definition) is 2. The fourth-order valence-electron chi connectivity index (χ4n) is 4.21. The Hall–Kier alpha value is -3.06. The number of para-hydroxylation sites is 1. The first kappa shape index (κ1) is 21.2. The maximum absolute atomic E-state index is 12.3. The number of carbonyl (C=O) groups is 2. The fourth-order valence-corrected chi connectivity index (χ4v) is 4.21. The number of piperazine rings is 1. The van der Waals surface area contributed by atoms with Crippen LogP contribution in [0.5, 0.6) is 0 Å². The molecule has 3 amide bonds. The van der Waals surface area contributed by atoms with E-state index in [4.69, 9.17) is 0 Å². The highest BCUT2D eigenvalue weighted by Gasteiger charge is 2.31. The van der Waals surface area contributed by atoms with E-state index in [2.05, 4.69) is 44.7 Å². The van der Waals surface area contributed by atoms with Crippen LogP contribution in [-0.4, -0.2) is 68.7 Å². The summed E-state index contributed by atoms with van der Waals surface area (Å²) in [6.45, 7) is 7.92. The lowest BCUT2D eigenvalue weighted by Gasteiger charge is -2.36. The summed E-state index contributed by atoms with van der Waals surface area (Å²) in [4.78, 5) is 31.2. The Bertz CT molecular complexity index is 879. The van der Waals surface area contributed by atoms with E-state index >= 15 is 0 Å². The van der Waals surface area contributed by atoms with Gasteiger partial charge in [0.05, 0.1) is 6.04 Å².